The number of carbonyl (C=O) groups excluding carboxylic acids is 1. The van der Waals surface area contributed by atoms with Crippen LogP contribution in [-0.2, 0) is 0 Å². The van der Waals surface area contributed by atoms with Gasteiger partial charge in [0.15, 0.2) is 5.16 Å². The number of hydrogen-bond acceptors (Lipinski definition) is 5. The Hall–Kier alpha value is -1.92. The maximum absolute atomic E-state index is 12.7. The lowest BCUT2D eigenvalue weighted by atomic mass is 10.0. The van der Waals surface area contributed by atoms with Crippen LogP contribution in [0.4, 0.5) is 0 Å². The van der Waals surface area contributed by atoms with E-state index in [1.54, 1.807) is 12.4 Å². The van der Waals surface area contributed by atoms with Crippen molar-refractivity contribution in [3.05, 3.63) is 53.9 Å². The number of amides is 1. The highest BCUT2D eigenvalue weighted by Crippen LogP contribution is 2.24. The Labute approximate surface area is 140 Å². The maximum Gasteiger partial charge on any atom is 0.257 e. The molecule has 2 heterocycles. The Morgan fingerprint density at radius 1 is 1.17 bits per heavy atom. The zero-order chi connectivity index (χ0) is 16.2. The van der Waals surface area contributed by atoms with Gasteiger partial charge in [-0.15, -0.1) is 0 Å². The number of likely N-dealkylation sites (N-methyl/N-ethyl adjacent to an activating group) is 1. The number of thioether (sulfide) groups is 1. The van der Waals surface area contributed by atoms with Crippen molar-refractivity contribution in [1.82, 2.24) is 19.8 Å². The monoisotopic (exact) mass is 328 g/mol. The second-order valence-electron chi connectivity index (χ2n) is 5.62. The summed E-state index contributed by atoms with van der Waals surface area (Å²) in [6, 6.07) is 10.6. The first kappa shape index (κ1) is 16.0. The van der Waals surface area contributed by atoms with Crippen molar-refractivity contribution in [3.63, 3.8) is 0 Å². The number of hydrogen-bond donors (Lipinski definition) is 0. The quantitative estimate of drug-likeness (QED) is 0.639. The van der Waals surface area contributed by atoms with Crippen LogP contribution in [0.5, 0.6) is 0 Å². The molecule has 1 amide bonds. The van der Waals surface area contributed by atoms with E-state index in [0.717, 1.165) is 13.1 Å². The van der Waals surface area contributed by atoms with E-state index < -0.39 is 0 Å². The fourth-order valence-corrected chi connectivity index (χ4v) is 3.12. The Morgan fingerprint density at radius 2 is 1.87 bits per heavy atom. The number of nitrogens with zero attached hydrogens (tertiary/aromatic N) is 4. The van der Waals surface area contributed by atoms with Crippen molar-refractivity contribution in [1.29, 1.82) is 0 Å². The number of piperazine rings is 1. The van der Waals surface area contributed by atoms with Gasteiger partial charge in [0.05, 0.1) is 11.6 Å². The predicted molar refractivity (Wildman–Crippen MR) is 91.5 cm³/mol. The van der Waals surface area contributed by atoms with Gasteiger partial charge < -0.3 is 4.90 Å². The molecule has 3 rings (SSSR count). The van der Waals surface area contributed by atoms with Crippen LogP contribution in [0.25, 0.3) is 0 Å². The lowest BCUT2D eigenvalue weighted by molar-refractivity contribution is 0.0545. The molecule has 0 saturated carbocycles. The largest absolute Gasteiger partial charge is 0.335 e. The number of aromatic nitrogens is 2. The summed E-state index contributed by atoms with van der Waals surface area (Å²) >= 11 is 1.47. The number of carbonyl (C=O) groups is 1. The molecule has 1 aliphatic rings. The van der Waals surface area contributed by atoms with Gasteiger partial charge in [-0.25, -0.2) is 9.97 Å². The average Bonchev–Trinajstić information content (AvgIpc) is 2.62. The summed E-state index contributed by atoms with van der Waals surface area (Å²) in [4.78, 5) is 25.3. The average molecular weight is 328 g/mol. The van der Waals surface area contributed by atoms with Crippen LogP contribution in [0, 0.1) is 0 Å². The Balaban J connectivity index is 1.76. The Morgan fingerprint density at radius 3 is 2.52 bits per heavy atom. The van der Waals surface area contributed by atoms with Gasteiger partial charge in [-0.05, 0) is 18.9 Å². The summed E-state index contributed by atoms with van der Waals surface area (Å²) < 4.78 is 0. The molecule has 1 saturated heterocycles. The second kappa shape index (κ2) is 7.10. The molecule has 1 atom stereocenters. The van der Waals surface area contributed by atoms with Crippen LogP contribution in [0.15, 0.2) is 47.9 Å². The first-order chi connectivity index (χ1) is 11.2. The van der Waals surface area contributed by atoms with Gasteiger partial charge in [0.2, 0.25) is 0 Å². The minimum Gasteiger partial charge on any atom is -0.335 e. The van der Waals surface area contributed by atoms with Crippen LogP contribution < -0.4 is 0 Å². The normalized spacial score (nSPS) is 18.9. The fourth-order valence-electron chi connectivity index (χ4n) is 2.81. The molecule has 1 aromatic heterocycles. The molecule has 1 aliphatic heterocycles. The van der Waals surface area contributed by atoms with Crippen LogP contribution in [-0.4, -0.2) is 58.6 Å². The molecule has 5 nitrogen and oxygen atoms in total. The third kappa shape index (κ3) is 3.54. The first-order valence-corrected chi connectivity index (χ1v) is 8.82. The SMILES string of the molecule is CSc1ncc(C(=O)N2CCN(C)[C@@H](c3ccccc3)C2)cn1. The second-order valence-corrected chi connectivity index (χ2v) is 6.39. The van der Waals surface area contributed by atoms with Gasteiger partial charge in [-0.1, -0.05) is 42.1 Å². The van der Waals surface area contributed by atoms with Crippen LogP contribution >= 0.6 is 11.8 Å². The smallest absolute Gasteiger partial charge is 0.257 e. The van der Waals surface area contributed by atoms with E-state index in [2.05, 4.69) is 34.0 Å². The van der Waals surface area contributed by atoms with Gasteiger partial charge >= 0.3 is 0 Å². The Bertz CT molecular complexity index is 662. The third-order valence-corrected chi connectivity index (χ3v) is 4.75. The van der Waals surface area contributed by atoms with E-state index in [0.29, 0.717) is 17.3 Å². The minimum absolute atomic E-state index is 0.00619. The van der Waals surface area contributed by atoms with Gasteiger partial charge in [0.25, 0.3) is 5.91 Å². The lowest BCUT2D eigenvalue weighted by Gasteiger charge is -2.39. The molecule has 1 aromatic carbocycles. The van der Waals surface area contributed by atoms with Crippen molar-refractivity contribution in [2.45, 2.75) is 11.2 Å². The van der Waals surface area contributed by atoms with Crippen molar-refractivity contribution in [3.8, 4) is 0 Å². The highest BCUT2D eigenvalue weighted by Gasteiger charge is 2.29. The summed E-state index contributed by atoms with van der Waals surface area (Å²) in [5, 5.41) is 0.682. The van der Waals surface area contributed by atoms with E-state index in [1.807, 2.05) is 29.4 Å². The predicted octanol–water partition coefficient (Wildman–Crippen LogP) is 2.33. The van der Waals surface area contributed by atoms with E-state index in [9.17, 15) is 4.79 Å². The highest BCUT2D eigenvalue weighted by atomic mass is 32.2. The van der Waals surface area contributed by atoms with Crippen molar-refractivity contribution < 1.29 is 4.79 Å². The van der Waals surface area contributed by atoms with E-state index >= 15 is 0 Å². The van der Waals surface area contributed by atoms with Crippen molar-refractivity contribution in [2.75, 3.05) is 32.9 Å². The van der Waals surface area contributed by atoms with Crippen molar-refractivity contribution in [2.24, 2.45) is 0 Å². The molecule has 2 aromatic rings. The fraction of sp³-hybridized carbons (Fsp3) is 0.353. The molecule has 6 heteroatoms. The molecule has 0 spiro atoms. The topological polar surface area (TPSA) is 49.3 Å². The van der Waals surface area contributed by atoms with Gasteiger partial charge in [-0.2, -0.15) is 0 Å². The minimum atomic E-state index is 0.00619. The highest BCUT2D eigenvalue weighted by molar-refractivity contribution is 7.98. The molecule has 0 bridgehead atoms. The van der Waals surface area contributed by atoms with Gasteiger partial charge in [-0.3, -0.25) is 9.69 Å². The molecule has 1 fully saturated rings. The number of benzene rings is 1. The van der Waals surface area contributed by atoms with E-state index in [-0.39, 0.29) is 11.9 Å². The van der Waals surface area contributed by atoms with Gasteiger partial charge in [0, 0.05) is 32.0 Å². The third-order valence-electron chi connectivity index (χ3n) is 4.18. The standard InChI is InChI=1S/C17H20N4OS/c1-20-8-9-21(12-15(20)13-6-4-3-5-7-13)16(22)14-10-18-17(23-2)19-11-14/h3-7,10-11,15H,8-9,12H2,1-2H3/t15-/m1/s1. The summed E-state index contributed by atoms with van der Waals surface area (Å²) in [7, 11) is 2.11. The van der Waals surface area contributed by atoms with E-state index in [4.69, 9.17) is 0 Å². The zero-order valence-corrected chi connectivity index (χ0v) is 14.2. The maximum atomic E-state index is 12.7. The molecule has 23 heavy (non-hydrogen) atoms. The lowest BCUT2D eigenvalue weighted by Crippen LogP contribution is -2.49. The van der Waals surface area contributed by atoms with E-state index in [1.165, 1.54) is 17.3 Å². The molecule has 120 valence electrons. The summed E-state index contributed by atoms with van der Waals surface area (Å²) in [6.45, 7) is 2.27. The van der Waals surface area contributed by atoms with Crippen LogP contribution in [0.1, 0.15) is 22.0 Å². The van der Waals surface area contributed by atoms with Gasteiger partial charge in [0.1, 0.15) is 0 Å². The van der Waals surface area contributed by atoms with Crippen LogP contribution in [0.3, 0.4) is 0 Å². The molecule has 0 aliphatic carbocycles. The summed E-state index contributed by atoms with van der Waals surface area (Å²) in [5.74, 6) is 0.00619. The molecule has 0 N–H and O–H groups in total. The Kier molecular flexibility index (Phi) is 4.93. The zero-order valence-electron chi connectivity index (χ0n) is 13.3. The molecule has 0 radical (unpaired) electrons. The summed E-state index contributed by atoms with van der Waals surface area (Å²) in [6.07, 6.45) is 5.16. The van der Waals surface area contributed by atoms with Crippen molar-refractivity contribution >= 4 is 17.7 Å². The van der Waals surface area contributed by atoms with Crippen LogP contribution in [0.2, 0.25) is 0 Å². The number of rotatable bonds is 3. The molecule has 0 unspecified atom stereocenters. The molecular formula is C17H20N4OS. The first-order valence-electron chi connectivity index (χ1n) is 7.59. The molecular weight excluding hydrogens is 308 g/mol. The summed E-state index contributed by atoms with van der Waals surface area (Å²) in [5.41, 5.74) is 1.79.